The second-order valence-electron chi connectivity index (χ2n) is 9.64. The Labute approximate surface area is 225 Å². The average Bonchev–Trinajstić information content (AvgIpc) is 2.92. The molecule has 3 atom stereocenters. The van der Waals surface area contributed by atoms with Crippen LogP contribution in [0.4, 0.5) is 8.78 Å². The van der Waals surface area contributed by atoms with Crippen LogP contribution in [0.1, 0.15) is 76.8 Å². The molecule has 1 aliphatic rings. The zero-order valence-corrected chi connectivity index (χ0v) is 22.8. The van der Waals surface area contributed by atoms with E-state index >= 15 is 4.39 Å². The molecule has 0 spiro atoms. The van der Waals surface area contributed by atoms with Crippen LogP contribution >= 0.6 is 0 Å². The van der Waals surface area contributed by atoms with Crippen molar-refractivity contribution in [2.45, 2.75) is 83.6 Å². The number of unbranched alkanes of at least 4 members (excludes halogenated alkanes) is 6. The van der Waals surface area contributed by atoms with E-state index in [2.05, 4.69) is 6.92 Å². The molecule has 0 radical (unpaired) electrons. The number of ether oxygens (including phenoxy) is 3. The summed E-state index contributed by atoms with van der Waals surface area (Å²) in [6.07, 6.45) is 10.4. The first-order chi connectivity index (χ1) is 18.4. The van der Waals surface area contributed by atoms with Crippen molar-refractivity contribution in [3.05, 3.63) is 83.7 Å². The molecule has 0 aromatic heterocycles. The van der Waals surface area contributed by atoms with Gasteiger partial charge in [-0.3, -0.25) is 0 Å². The minimum absolute atomic E-state index is 0.274. The van der Waals surface area contributed by atoms with Crippen molar-refractivity contribution in [3.8, 4) is 5.75 Å². The van der Waals surface area contributed by atoms with Crippen molar-refractivity contribution in [1.82, 2.24) is 0 Å². The molecular weight excluding hydrogens is 486 g/mol. The lowest BCUT2D eigenvalue weighted by atomic mass is 9.82. The Kier molecular flexibility index (Phi) is 11.5. The smallest absolute Gasteiger partial charge is 0.347 e. The lowest BCUT2D eigenvalue weighted by Crippen LogP contribution is -2.39. The van der Waals surface area contributed by atoms with Crippen LogP contribution < -0.4 is 4.74 Å². The van der Waals surface area contributed by atoms with Gasteiger partial charge >= 0.3 is 5.97 Å². The predicted octanol–water partition coefficient (Wildman–Crippen LogP) is 8.11. The van der Waals surface area contributed by atoms with Crippen molar-refractivity contribution in [2.24, 2.45) is 0 Å². The number of alkyl halides is 1. The van der Waals surface area contributed by atoms with Gasteiger partial charge in [-0.15, -0.1) is 0 Å². The van der Waals surface area contributed by atoms with Gasteiger partial charge in [0.25, 0.3) is 0 Å². The number of halogens is 2. The molecule has 1 aliphatic carbocycles. The van der Waals surface area contributed by atoms with Crippen LogP contribution in [0.15, 0.2) is 66.8 Å². The van der Waals surface area contributed by atoms with Gasteiger partial charge in [-0.05, 0) is 61.8 Å². The van der Waals surface area contributed by atoms with E-state index in [1.54, 1.807) is 68.5 Å². The van der Waals surface area contributed by atoms with Gasteiger partial charge in [-0.25, -0.2) is 13.6 Å². The Morgan fingerprint density at radius 1 is 0.974 bits per heavy atom. The molecule has 38 heavy (non-hydrogen) atoms. The molecule has 206 valence electrons. The molecular formula is C32H40F2O4. The Balaban J connectivity index is 1.76. The van der Waals surface area contributed by atoms with Gasteiger partial charge in [0.1, 0.15) is 17.2 Å². The molecule has 0 fully saturated rings. The summed E-state index contributed by atoms with van der Waals surface area (Å²) >= 11 is 0. The van der Waals surface area contributed by atoms with Crippen LogP contribution in [-0.2, 0) is 19.9 Å². The van der Waals surface area contributed by atoms with E-state index < -0.39 is 29.7 Å². The van der Waals surface area contributed by atoms with E-state index in [0.717, 1.165) is 19.3 Å². The molecule has 0 saturated carbocycles. The van der Waals surface area contributed by atoms with Crippen molar-refractivity contribution in [3.63, 3.8) is 0 Å². The molecule has 3 unspecified atom stereocenters. The molecule has 0 bridgehead atoms. The second kappa shape index (κ2) is 14.8. The maximum absolute atomic E-state index is 16.0. The van der Waals surface area contributed by atoms with Crippen LogP contribution in [0.2, 0.25) is 0 Å². The van der Waals surface area contributed by atoms with Gasteiger partial charge in [-0.2, -0.15) is 0 Å². The fraction of sp³-hybridized carbons (Fsp3) is 0.469. The number of carbonyl (C=O) groups excluding carboxylic acids is 1. The minimum Gasteiger partial charge on any atom is -0.479 e. The van der Waals surface area contributed by atoms with E-state index in [9.17, 15) is 9.18 Å². The molecule has 0 N–H and O–H groups in total. The number of allylic oxidation sites excluding steroid dienone is 2. The van der Waals surface area contributed by atoms with Gasteiger partial charge < -0.3 is 14.2 Å². The topological polar surface area (TPSA) is 44.8 Å². The first kappa shape index (κ1) is 29.6. The Hall–Kier alpha value is -2.99. The number of hydrogen-bond donors (Lipinski definition) is 0. The van der Waals surface area contributed by atoms with Gasteiger partial charge in [-0.1, -0.05) is 81.9 Å². The molecule has 0 saturated heterocycles. The summed E-state index contributed by atoms with van der Waals surface area (Å²) in [6, 6.07) is 13.2. The largest absolute Gasteiger partial charge is 0.479 e. The SMILES string of the molecule is CCCCCCCCCOC1(c2ccc(OC(C)C(=O)OCC)cc2)C=CC(c2ccccc2F)=CC1F. The monoisotopic (exact) mass is 526 g/mol. The number of carbonyl (C=O) groups is 1. The number of hydrogen-bond acceptors (Lipinski definition) is 4. The highest BCUT2D eigenvalue weighted by atomic mass is 19.1. The third-order valence-corrected chi connectivity index (χ3v) is 6.76. The van der Waals surface area contributed by atoms with E-state index in [1.165, 1.54) is 37.8 Å². The number of benzene rings is 2. The fourth-order valence-corrected chi connectivity index (χ4v) is 4.59. The molecule has 4 nitrogen and oxygen atoms in total. The van der Waals surface area contributed by atoms with Crippen molar-refractivity contribution < 1.29 is 27.8 Å². The van der Waals surface area contributed by atoms with E-state index in [4.69, 9.17) is 14.2 Å². The van der Waals surface area contributed by atoms with Crippen LogP contribution in [0.25, 0.3) is 5.57 Å². The average molecular weight is 527 g/mol. The molecule has 0 amide bonds. The molecule has 3 rings (SSSR count). The number of esters is 1. The van der Waals surface area contributed by atoms with Crippen LogP contribution in [-0.4, -0.2) is 31.5 Å². The van der Waals surface area contributed by atoms with Gasteiger partial charge in [0.2, 0.25) is 0 Å². The summed E-state index contributed by atoms with van der Waals surface area (Å²) < 4.78 is 47.4. The van der Waals surface area contributed by atoms with Crippen LogP contribution in [0.3, 0.4) is 0 Å². The van der Waals surface area contributed by atoms with Gasteiger partial charge in [0.05, 0.1) is 6.61 Å². The standard InChI is InChI=1S/C32H40F2O4/c1-4-6-7-8-9-10-13-22-37-32(21-20-25(23-30(32)34)28-14-11-12-15-29(28)33)26-16-18-27(19-17-26)38-24(3)31(35)36-5-2/h11-12,14-21,23-24,30H,4-10,13,22H2,1-3H3. The molecule has 2 aromatic carbocycles. The van der Waals surface area contributed by atoms with Gasteiger partial charge in [0.15, 0.2) is 12.3 Å². The Bertz CT molecular complexity index is 1080. The minimum atomic E-state index is -1.53. The summed E-state index contributed by atoms with van der Waals surface area (Å²) in [6.45, 7) is 6.23. The third kappa shape index (κ3) is 7.76. The van der Waals surface area contributed by atoms with E-state index in [1.807, 2.05) is 0 Å². The maximum Gasteiger partial charge on any atom is 0.347 e. The molecule has 2 aromatic rings. The summed E-state index contributed by atoms with van der Waals surface area (Å²) in [5.41, 5.74) is 0.101. The third-order valence-electron chi connectivity index (χ3n) is 6.76. The Morgan fingerprint density at radius 2 is 1.66 bits per heavy atom. The normalized spacial score (nSPS) is 19.6. The summed E-state index contributed by atoms with van der Waals surface area (Å²) in [4.78, 5) is 11.9. The predicted molar refractivity (Wildman–Crippen MR) is 147 cm³/mol. The second-order valence-corrected chi connectivity index (χ2v) is 9.64. The highest BCUT2D eigenvalue weighted by Crippen LogP contribution is 2.41. The number of rotatable bonds is 15. The van der Waals surface area contributed by atoms with Gasteiger partial charge in [0, 0.05) is 12.2 Å². The quantitative estimate of drug-likeness (QED) is 0.174. The van der Waals surface area contributed by atoms with E-state index in [-0.39, 0.29) is 6.61 Å². The molecule has 0 heterocycles. The first-order valence-electron chi connectivity index (χ1n) is 13.8. The lowest BCUT2D eigenvalue weighted by Gasteiger charge is -2.36. The zero-order chi connectivity index (χ0) is 27.4. The summed E-state index contributed by atoms with van der Waals surface area (Å²) in [5.74, 6) is -0.380. The zero-order valence-electron chi connectivity index (χ0n) is 22.8. The highest BCUT2D eigenvalue weighted by Gasteiger charge is 2.41. The summed E-state index contributed by atoms with van der Waals surface area (Å²) in [5, 5.41) is 0. The van der Waals surface area contributed by atoms with E-state index in [0.29, 0.717) is 29.1 Å². The van der Waals surface area contributed by atoms with Crippen molar-refractivity contribution >= 4 is 11.5 Å². The molecule has 6 heteroatoms. The summed E-state index contributed by atoms with van der Waals surface area (Å²) in [7, 11) is 0. The fourth-order valence-electron chi connectivity index (χ4n) is 4.59. The first-order valence-corrected chi connectivity index (χ1v) is 13.8. The van der Waals surface area contributed by atoms with Crippen LogP contribution in [0, 0.1) is 5.82 Å². The van der Waals surface area contributed by atoms with Crippen LogP contribution in [0.5, 0.6) is 5.75 Å². The molecule has 0 aliphatic heterocycles. The van der Waals surface area contributed by atoms with Crippen molar-refractivity contribution in [1.29, 1.82) is 0 Å². The maximum atomic E-state index is 16.0. The highest BCUT2D eigenvalue weighted by molar-refractivity contribution is 5.77. The Morgan fingerprint density at radius 3 is 2.32 bits per heavy atom. The lowest BCUT2D eigenvalue weighted by molar-refractivity contribution is -0.150. The van der Waals surface area contributed by atoms with Crippen molar-refractivity contribution in [2.75, 3.05) is 13.2 Å².